The van der Waals surface area contributed by atoms with Crippen LogP contribution in [0.15, 0.2) is 199 Å². The lowest BCUT2D eigenvalue weighted by atomic mass is 9.93. The first-order chi connectivity index (χ1) is 27.7. The molecule has 0 aliphatic carbocycles. The number of nitrogens with zero attached hydrogens (tertiary/aromatic N) is 2. The molecule has 0 saturated carbocycles. The highest BCUT2D eigenvalue weighted by molar-refractivity contribution is 7.26. The highest BCUT2D eigenvalue weighted by atomic mass is 32.1. The van der Waals surface area contributed by atoms with E-state index >= 15 is 0 Å². The summed E-state index contributed by atoms with van der Waals surface area (Å²) in [6, 6.07) is 68.5. The van der Waals surface area contributed by atoms with E-state index in [1.807, 2.05) is 41.7 Å². The van der Waals surface area contributed by atoms with E-state index in [9.17, 15) is 0 Å². The van der Waals surface area contributed by atoms with E-state index in [1.165, 1.54) is 25.7 Å². The summed E-state index contributed by atoms with van der Waals surface area (Å²) in [4.78, 5) is 10.4. The summed E-state index contributed by atoms with van der Waals surface area (Å²) in [5, 5.41) is 4.83. The summed E-state index contributed by atoms with van der Waals surface area (Å²) in [5.41, 5.74) is 13.4. The topological polar surface area (TPSA) is 38.9 Å². The van der Waals surface area contributed by atoms with Gasteiger partial charge in [0.15, 0.2) is 5.82 Å². The summed E-state index contributed by atoms with van der Waals surface area (Å²) < 4.78 is 8.97. The summed E-state index contributed by atoms with van der Waals surface area (Å²) in [6.07, 6.45) is 0. The maximum atomic E-state index is 6.38. The van der Waals surface area contributed by atoms with Gasteiger partial charge in [0.05, 0.1) is 11.4 Å². The van der Waals surface area contributed by atoms with Crippen molar-refractivity contribution in [2.24, 2.45) is 0 Å². The van der Waals surface area contributed by atoms with Crippen LogP contribution in [-0.4, -0.2) is 9.97 Å². The van der Waals surface area contributed by atoms with Gasteiger partial charge in [0.25, 0.3) is 0 Å². The maximum Gasteiger partial charge on any atom is 0.160 e. The molecule has 0 aliphatic rings. The second-order valence-electron chi connectivity index (χ2n) is 14.1. The number of aromatic nitrogens is 2. The van der Waals surface area contributed by atoms with Gasteiger partial charge in [0, 0.05) is 53.2 Å². The Morgan fingerprint density at radius 3 is 1.75 bits per heavy atom. The number of benzene rings is 8. The number of para-hydroxylation sites is 2. The number of furan rings is 1. The van der Waals surface area contributed by atoms with Crippen LogP contribution >= 0.6 is 11.3 Å². The van der Waals surface area contributed by atoms with Gasteiger partial charge in [-0.25, -0.2) is 9.97 Å². The third-order valence-corrected chi connectivity index (χ3v) is 11.9. The predicted octanol–water partition coefficient (Wildman–Crippen LogP) is 14.7. The van der Waals surface area contributed by atoms with Gasteiger partial charge in [-0.1, -0.05) is 158 Å². The summed E-state index contributed by atoms with van der Waals surface area (Å²) in [7, 11) is 0. The lowest BCUT2D eigenvalue weighted by Gasteiger charge is -2.14. The maximum absolute atomic E-state index is 6.38. The van der Waals surface area contributed by atoms with Crippen LogP contribution in [0.1, 0.15) is 0 Å². The summed E-state index contributed by atoms with van der Waals surface area (Å²) >= 11 is 1.86. The fraction of sp³-hybridized carbons (Fsp3) is 0. The lowest BCUT2D eigenvalue weighted by molar-refractivity contribution is 0.670. The highest BCUT2D eigenvalue weighted by Gasteiger charge is 2.17. The zero-order valence-electron chi connectivity index (χ0n) is 30.2. The molecule has 0 saturated heterocycles. The van der Waals surface area contributed by atoms with Crippen LogP contribution in [0, 0.1) is 0 Å². The van der Waals surface area contributed by atoms with Crippen LogP contribution < -0.4 is 0 Å². The quantitative estimate of drug-likeness (QED) is 0.171. The van der Waals surface area contributed by atoms with Crippen LogP contribution in [0.25, 0.3) is 109 Å². The molecule has 8 aromatic carbocycles. The van der Waals surface area contributed by atoms with Gasteiger partial charge >= 0.3 is 0 Å². The van der Waals surface area contributed by atoms with Crippen molar-refractivity contribution in [3.05, 3.63) is 194 Å². The van der Waals surface area contributed by atoms with Crippen LogP contribution in [0.3, 0.4) is 0 Å². The molecule has 0 fully saturated rings. The standard InChI is InChI=1S/C52H32N2OS/c1-3-13-33(14-4-1)37-29-38(41-20-12-22-45-43-18-8-10-24-49(43)56-51(41)45)31-39(30-37)47-32-46(53-52(54-47)36-15-5-2-6-16-36)35-27-25-34(26-28-35)40-19-11-21-44-42-17-7-9-23-48(42)55-50(40)44/h1-32H. The van der Waals surface area contributed by atoms with Crippen molar-refractivity contribution in [3.63, 3.8) is 0 Å². The Morgan fingerprint density at radius 2 is 0.946 bits per heavy atom. The second-order valence-corrected chi connectivity index (χ2v) is 15.2. The molecule has 56 heavy (non-hydrogen) atoms. The Bertz CT molecular complexity index is 3240. The minimum atomic E-state index is 0.687. The van der Waals surface area contributed by atoms with Crippen LogP contribution in [0.2, 0.25) is 0 Å². The summed E-state index contributed by atoms with van der Waals surface area (Å²) in [5.74, 6) is 0.687. The van der Waals surface area contributed by atoms with Gasteiger partial charge in [0.1, 0.15) is 11.2 Å². The highest BCUT2D eigenvalue weighted by Crippen LogP contribution is 2.42. The van der Waals surface area contributed by atoms with Crippen molar-refractivity contribution in [1.29, 1.82) is 0 Å². The molecule has 0 spiro atoms. The molecule has 0 atom stereocenters. The second kappa shape index (κ2) is 13.3. The van der Waals surface area contributed by atoms with E-state index < -0.39 is 0 Å². The van der Waals surface area contributed by atoms with Gasteiger partial charge in [0.2, 0.25) is 0 Å². The average molecular weight is 733 g/mol. The largest absolute Gasteiger partial charge is 0.455 e. The number of hydrogen-bond donors (Lipinski definition) is 0. The Labute approximate surface area is 327 Å². The van der Waals surface area contributed by atoms with Crippen molar-refractivity contribution in [2.75, 3.05) is 0 Å². The molecule has 262 valence electrons. The molecule has 3 aromatic heterocycles. The molecule has 4 heteroatoms. The van der Waals surface area contributed by atoms with Crippen molar-refractivity contribution < 1.29 is 4.42 Å². The number of rotatable bonds is 6. The van der Waals surface area contributed by atoms with Crippen LogP contribution in [0.5, 0.6) is 0 Å². The van der Waals surface area contributed by atoms with Crippen LogP contribution in [-0.2, 0) is 0 Å². The SMILES string of the molecule is c1ccc(-c2cc(-c3cc(-c4ccc(-c5cccc6c5oc5ccccc56)cc4)nc(-c4ccccc4)n3)cc(-c3cccc4c3sc3ccccc34)c2)cc1. The predicted molar refractivity (Wildman–Crippen MR) is 235 cm³/mol. The van der Waals surface area contributed by atoms with E-state index in [0.29, 0.717) is 5.82 Å². The van der Waals surface area contributed by atoms with E-state index in [1.54, 1.807) is 0 Å². The van der Waals surface area contributed by atoms with Crippen molar-refractivity contribution in [1.82, 2.24) is 9.97 Å². The zero-order valence-corrected chi connectivity index (χ0v) is 31.0. The summed E-state index contributed by atoms with van der Waals surface area (Å²) in [6.45, 7) is 0. The molecule has 11 aromatic rings. The smallest absolute Gasteiger partial charge is 0.160 e. The normalized spacial score (nSPS) is 11.6. The van der Waals surface area contributed by atoms with Gasteiger partial charge in [-0.05, 0) is 64.2 Å². The molecule has 3 heterocycles. The van der Waals surface area contributed by atoms with Crippen LogP contribution in [0.4, 0.5) is 0 Å². The van der Waals surface area contributed by atoms with Crippen molar-refractivity contribution in [2.45, 2.75) is 0 Å². The molecular formula is C52H32N2OS. The van der Waals surface area contributed by atoms with Gasteiger partial charge in [-0.15, -0.1) is 11.3 Å². The molecule has 0 unspecified atom stereocenters. The molecule has 11 rings (SSSR count). The van der Waals surface area contributed by atoms with Crippen molar-refractivity contribution in [3.8, 4) is 67.3 Å². The Kier molecular flexibility index (Phi) is 7.68. The molecule has 0 radical (unpaired) electrons. The lowest BCUT2D eigenvalue weighted by Crippen LogP contribution is -1.96. The van der Waals surface area contributed by atoms with E-state index in [0.717, 1.165) is 77.8 Å². The van der Waals surface area contributed by atoms with Crippen molar-refractivity contribution >= 4 is 53.4 Å². The molecule has 3 nitrogen and oxygen atoms in total. The fourth-order valence-electron chi connectivity index (χ4n) is 7.96. The average Bonchev–Trinajstić information content (AvgIpc) is 3.86. The first-order valence-corrected chi connectivity index (χ1v) is 19.6. The Hall–Kier alpha value is -7.14. The molecule has 0 aliphatic heterocycles. The Morgan fingerprint density at radius 1 is 0.357 bits per heavy atom. The molecule has 0 amide bonds. The van der Waals surface area contributed by atoms with Gasteiger partial charge in [-0.2, -0.15) is 0 Å². The molecule has 0 N–H and O–H groups in total. The third-order valence-electron chi connectivity index (χ3n) is 10.7. The van der Waals surface area contributed by atoms with E-state index in [4.69, 9.17) is 14.4 Å². The monoisotopic (exact) mass is 732 g/mol. The zero-order chi connectivity index (χ0) is 37.0. The molecule has 0 bridgehead atoms. The Balaban J connectivity index is 1.08. The van der Waals surface area contributed by atoms with Gasteiger partial charge < -0.3 is 4.42 Å². The fourth-order valence-corrected chi connectivity index (χ4v) is 9.20. The number of thiophene rings is 1. The van der Waals surface area contributed by atoms with E-state index in [-0.39, 0.29) is 0 Å². The van der Waals surface area contributed by atoms with E-state index in [2.05, 4.69) is 164 Å². The third kappa shape index (κ3) is 5.58. The van der Waals surface area contributed by atoms with Gasteiger partial charge in [-0.3, -0.25) is 0 Å². The number of hydrogen-bond acceptors (Lipinski definition) is 4. The first-order valence-electron chi connectivity index (χ1n) is 18.8. The number of fused-ring (bicyclic) bond motifs is 6. The minimum absolute atomic E-state index is 0.687. The minimum Gasteiger partial charge on any atom is -0.455 e. The first kappa shape index (κ1) is 32.3. The molecular weight excluding hydrogens is 701 g/mol.